The van der Waals surface area contributed by atoms with Crippen LogP contribution in [-0.4, -0.2) is 18.2 Å². The number of fused-ring (bicyclic) bond motifs is 3. The molecular weight excluding hydrogens is 338 g/mol. The molecule has 1 aliphatic heterocycles. The molecule has 128 valence electrons. The van der Waals surface area contributed by atoms with Gasteiger partial charge in [0.2, 0.25) is 0 Å². The molecule has 0 fully saturated rings. The average molecular weight is 356 g/mol. The molecule has 0 amide bonds. The normalized spacial score (nSPS) is 23.5. The number of carboxylic acids is 1. The average Bonchev–Trinajstić information content (AvgIpc) is 3.11. The number of hydrogen-bond donors (Lipinski definition) is 2. The van der Waals surface area contributed by atoms with Crippen LogP contribution >= 0.6 is 11.6 Å². The Balaban J connectivity index is 1.78. The van der Waals surface area contributed by atoms with Gasteiger partial charge in [-0.1, -0.05) is 35.9 Å². The fourth-order valence-corrected chi connectivity index (χ4v) is 4.20. The van der Waals surface area contributed by atoms with Gasteiger partial charge in [0.1, 0.15) is 5.75 Å². The quantitative estimate of drug-likeness (QED) is 0.771. The third-order valence-corrected chi connectivity index (χ3v) is 5.44. The minimum Gasteiger partial charge on any atom is -0.497 e. The van der Waals surface area contributed by atoms with Crippen molar-refractivity contribution < 1.29 is 14.6 Å². The van der Waals surface area contributed by atoms with Crippen LogP contribution in [0.3, 0.4) is 0 Å². The highest BCUT2D eigenvalue weighted by atomic mass is 35.5. The molecule has 0 aromatic heterocycles. The van der Waals surface area contributed by atoms with E-state index in [1.54, 1.807) is 13.2 Å². The highest BCUT2D eigenvalue weighted by Crippen LogP contribution is 2.51. The number of carbonyl (C=O) groups is 1. The number of benzene rings is 2. The summed E-state index contributed by atoms with van der Waals surface area (Å²) in [5.41, 5.74) is 3.20. The number of rotatable bonds is 3. The highest BCUT2D eigenvalue weighted by molar-refractivity contribution is 6.33. The summed E-state index contributed by atoms with van der Waals surface area (Å²) < 4.78 is 5.24. The first kappa shape index (κ1) is 16.0. The van der Waals surface area contributed by atoms with E-state index in [1.165, 1.54) is 11.6 Å². The van der Waals surface area contributed by atoms with E-state index < -0.39 is 5.97 Å². The second-order valence-corrected chi connectivity index (χ2v) is 6.88. The van der Waals surface area contributed by atoms with Crippen LogP contribution in [0.4, 0.5) is 5.69 Å². The van der Waals surface area contributed by atoms with E-state index in [0.717, 1.165) is 23.4 Å². The Labute approximate surface area is 151 Å². The minimum absolute atomic E-state index is 0.117. The first-order valence-corrected chi connectivity index (χ1v) is 8.60. The standard InChI is InChI=1S/C20H18ClNO3/c1-25-13-7-5-11(6-8-13)18-15-4-2-3-14(15)16-9-12(20(23)24)10-17(21)19(16)22-18/h2-3,5-10,14-15,18,22H,4H2,1H3,(H,23,24)/t14-,15+,18+/m0/s1. The van der Waals surface area contributed by atoms with Crippen molar-refractivity contribution in [2.75, 3.05) is 12.4 Å². The Morgan fingerprint density at radius 2 is 2.04 bits per heavy atom. The van der Waals surface area contributed by atoms with Crippen LogP contribution in [0.15, 0.2) is 48.6 Å². The van der Waals surface area contributed by atoms with Crippen LogP contribution in [0.2, 0.25) is 5.02 Å². The molecule has 2 aliphatic rings. The third kappa shape index (κ3) is 2.67. The smallest absolute Gasteiger partial charge is 0.335 e. The Morgan fingerprint density at radius 3 is 2.72 bits per heavy atom. The summed E-state index contributed by atoms with van der Waals surface area (Å²) in [6.45, 7) is 0. The van der Waals surface area contributed by atoms with Crippen LogP contribution in [0.1, 0.15) is 39.9 Å². The molecule has 0 radical (unpaired) electrons. The number of allylic oxidation sites excluding steroid dienone is 2. The van der Waals surface area contributed by atoms with Gasteiger partial charge in [-0.15, -0.1) is 0 Å². The second kappa shape index (κ2) is 6.12. The van der Waals surface area contributed by atoms with E-state index in [2.05, 4.69) is 29.6 Å². The Kier molecular flexibility index (Phi) is 3.92. The number of methoxy groups -OCH3 is 1. The summed E-state index contributed by atoms with van der Waals surface area (Å²) in [5, 5.41) is 13.3. The molecule has 1 heterocycles. The molecule has 2 aromatic carbocycles. The van der Waals surface area contributed by atoms with Gasteiger partial charge in [0, 0.05) is 5.92 Å². The number of halogens is 1. The predicted octanol–water partition coefficient (Wildman–Crippen LogP) is 4.87. The summed E-state index contributed by atoms with van der Waals surface area (Å²) in [5.74, 6) is 0.367. The van der Waals surface area contributed by atoms with Gasteiger partial charge in [-0.2, -0.15) is 0 Å². The Morgan fingerprint density at radius 1 is 1.28 bits per heavy atom. The summed E-state index contributed by atoms with van der Waals surface area (Å²) in [6.07, 6.45) is 5.29. The molecule has 4 nitrogen and oxygen atoms in total. The van der Waals surface area contributed by atoms with Crippen molar-refractivity contribution in [3.63, 3.8) is 0 Å². The summed E-state index contributed by atoms with van der Waals surface area (Å²) in [7, 11) is 1.65. The number of hydrogen-bond acceptors (Lipinski definition) is 3. The van der Waals surface area contributed by atoms with Crippen molar-refractivity contribution in [2.45, 2.75) is 18.4 Å². The van der Waals surface area contributed by atoms with Gasteiger partial charge in [0.15, 0.2) is 0 Å². The molecule has 1 aliphatic carbocycles. The Hall–Kier alpha value is -2.46. The molecule has 2 N–H and O–H groups in total. The maximum absolute atomic E-state index is 11.4. The SMILES string of the molecule is COc1ccc([C@H]2Nc3c(Cl)cc(C(=O)O)cc3[C@H]3C=CC[C@H]32)cc1. The molecule has 0 unspecified atom stereocenters. The molecule has 0 bridgehead atoms. The minimum atomic E-state index is -0.958. The van der Waals surface area contributed by atoms with Gasteiger partial charge in [-0.25, -0.2) is 4.79 Å². The first-order chi connectivity index (χ1) is 12.1. The molecule has 5 heteroatoms. The van der Waals surface area contributed by atoms with Crippen molar-refractivity contribution in [1.29, 1.82) is 0 Å². The molecule has 2 aromatic rings. The predicted molar refractivity (Wildman–Crippen MR) is 97.8 cm³/mol. The third-order valence-electron chi connectivity index (χ3n) is 5.14. The van der Waals surface area contributed by atoms with Crippen LogP contribution in [0, 0.1) is 5.92 Å². The van der Waals surface area contributed by atoms with Gasteiger partial charge in [-0.05, 0) is 47.7 Å². The van der Waals surface area contributed by atoms with Crippen molar-refractivity contribution >= 4 is 23.3 Å². The zero-order chi connectivity index (χ0) is 17.6. The molecule has 3 atom stereocenters. The van der Waals surface area contributed by atoms with E-state index in [4.69, 9.17) is 16.3 Å². The largest absolute Gasteiger partial charge is 0.497 e. The van der Waals surface area contributed by atoms with E-state index in [-0.39, 0.29) is 17.5 Å². The molecule has 0 spiro atoms. The summed E-state index contributed by atoms with van der Waals surface area (Å²) in [4.78, 5) is 11.4. The zero-order valence-electron chi connectivity index (χ0n) is 13.7. The number of aromatic carboxylic acids is 1. The molecule has 4 rings (SSSR count). The van der Waals surface area contributed by atoms with E-state index in [9.17, 15) is 9.90 Å². The van der Waals surface area contributed by atoms with Crippen molar-refractivity contribution in [2.24, 2.45) is 5.92 Å². The van der Waals surface area contributed by atoms with Crippen LogP contribution < -0.4 is 10.1 Å². The number of ether oxygens (including phenoxy) is 1. The first-order valence-electron chi connectivity index (χ1n) is 8.22. The molecule has 0 saturated carbocycles. The topological polar surface area (TPSA) is 58.6 Å². The van der Waals surface area contributed by atoms with E-state index >= 15 is 0 Å². The highest BCUT2D eigenvalue weighted by Gasteiger charge is 2.39. The molecule has 0 saturated heterocycles. The number of carboxylic acid groups (broad SMARTS) is 1. The van der Waals surface area contributed by atoms with Gasteiger partial charge in [0.25, 0.3) is 0 Å². The van der Waals surface area contributed by atoms with Crippen molar-refractivity contribution in [3.05, 3.63) is 70.3 Å². The number of nitrogens with one attached hydrogen (secondary N) is 1. The fraction of sp³-hybridized carbons (Fsp3) is 0.250. The Bertz CT molecular complexity index is 860. The lowest BCUT2D eigenvalue weighted by atomic mass is 9.76. The fourth-order valence-electron chi connectivity index (χ4n) is 3.92. The molecular formula is C20H18ClNO3. The second-order valence-electron chi connectivity index (χ2n) is 6.48. The van der Waals surface area contributed by atoms with Crippen LogP contribution in [0.5, 0.6) is 5.75 Å². The lowest BCUT2D eigenvalue weighted by Gasteiger charge is -2.38. The van der Waals surface area contributed by atoms with Crippen molar-refractivity contribution in [3.8, 4) is 5.75 Å². The van der Waals surface area contributed by atoms with Gasteiger partial charge in [0.05, 0.1) is 29.4 Å². The monoisotopic (exact) mass is 355 g/mol. The number of anilines is 1. The van der Waals surface area contributed by atoms with Crippen molar-refractivity contribution in [1.82, 2.24) is 0 Å². The van der Waals surface area contributed by atoms with E-state index in [0.29, 0.717) is 10.9 Å². The maximum atomic E-state index is 11.4. The lowest BCUT2D eigenvalue weighted by Crippen LogP contribution is -2.29. The van der Waals surface area contributed by atoms with Gasteiger partial charge in [-0.3, -0.25) is 0 Å². The zero-order valence-corrected chi connectivity index (χ0v) is 14.5. The summed E-state index contributed by atoms with van der Waals surface area (Å²) in [6, 6.07) is 11.4. The summed E-state index contributed by atoms with van der Waals surface area (Å²) >= 11 is 6.41. The van der Waals surface area contributed by atoms with Gasteiger partial charge < -0.3 is 15.2 Å². The van der Waals surface area contributed by atoms with Gasteiger partial charge >= 0.3 is 5.97 Å². The van der Waals surface area contributed by atoms with E-state index in [1.807, 2.05) is 12.1 Å². The van der Waals surface area contributed by atoms with Crippen LogP contribution in [-0.2, 0) is 0 Å². The lowest BCUT2D eigenvalue weighted by molar-refractivity contribution is 0.0696. The maximum Gasteiger partial charge on any atom is 0.335 e. The van der Waals surface area contributed by atoms with Crippen LogP contribution in [0.25, 0.3) is 0 Å². The molecule has 25 heavy (non-hydrogen) atoms.